The molecule has 0 radical (unpaired) electrons. The third kappa shape index (κ3) is 6.48. The van der Waals surface area contributed by atoms with E-state index >= 15 is 0 Å². The maximum Gasteiger partial charge on any atom is 0.408 e. The quantitative estimate of drug-likeness (QED) is 0.198. The van der Waals surface area contributed by atoms with Crippen molar-refractivity contribution in [2.24, 2.45) is 5.92 Å². The molecule has 10 heteroatoms. The van der Waals surface area contributed by atoms with Gasteiger partial charge in [-0.25, -0.2) is 9.59 Å². The number of ketones is 1. The maximum absolute atomic E-state index is 13.7. The number of carbonyl (C=O) groups excluding carboxylic acids is 5. The van der Waals surface area contributed by atoms with Crippen LogP contribution in [0.3, 0.4) is 0 Å². The molecule has 47 heavy (non-hydrogen) atoms. The standard InChI is InChI=1S/C37H33N3O7/c1-23-30(36(44)47-33(26-18-10-4-11-19-26)27-20-12-5-13-21-27)40-31(32(23)41)29(35(40)43)38-34(42)28(25-16-8-3-9-17-25)39-37(45)46-22-24-14-6-2-7-15-24/h2-21,23,28-31,33H,22H2,1H3,(H,38,42)(H,39,45)/t23?,28?,29?,30?,31-/m0/s1. The number of esters is 1. The van der Waals surface area contributed by atoms with E-state index in [1.54, 1.807) is 49.4 Å². The Morgan fingerprint density at radius 2 is 1.26 bits per heavy atom. The van der Waals surface area contributed by atoms with E-state index in [0.717, 1.165) is 16.7 Å². The number of nitrogens with one attached hydrogen (secondary N) is 2. The Labute approximate surface area is 271 Å². The second-order valence-corrected chi connectivity index (χ2v) is 11.5. The van der Waals surface area contributed by atoms with Crippen LogP contribution >= 0.6 is 0 Å². The van der Waals surface area contributed by atoms with Crippen molar-refractivity contribution < 1.29 is 33.4 Å². The van der Waals surface area contributed by atoms with Gasteiger partial charge >= 0.3 is 12.1 Å². The number of Topliss-reactive ketones (excluding diaryl/α,β-unsaturated/α-hetero) is 1. The van der Waals surface area contributed by atoms with E-state index in [4.69, 9.17) is 9.47 Å². The lowest BCUT2D eigenvalue weighted by Gasteiger charge is -2.44. The molecule has 0 aromatic heterocycles. The highest BCUT2D eigenvalue weighted by Crippen LogP contribution is 2.39. The van der Waals surface area contributed by atoms with Crippen molar-refractivity contribution in [2.45, 2.75) is 43.8 Å². The van der Waals surface area contributed by atoms with Crippen LogP contribution in [0.4, 0.5) is 4.79 Å². The van der Waals surface area contributed by atoms with Crippen molar-refractivity contribution in [1.29, 1.82) is 0 Å². The summed E-state index contributed by atoms with van der Waals surface area (Å²) in [6, 6.07) is 31.4. The smallest absolute Gasteiger partial charge is 0.408 e. The normalized spacial score (nSPS) is 20.5. The zero-order valence-corrected chi connectivity index (χ0v) is 25.5. The molecule has 0 saturated carbocycles. The van der Waals surface area contributed by atoms with Crippen molar-refractivity contribution in [2.75, 3.05) is 0 Å². The van der Waals surface area contributed by atoms with E-state index in [0.29, 0.717) is 5.56 Å². The topological polar surface area (TPSA) is 131 Å². The van der Waals surface area contributed by atoms with Crippen LogP contribution in [0.1, 0.15) is 41.3 Å². The predicted molar refractivity (Wildman–Crippen MR) is 170 cm³/mol. The number of fused-ring (bicyclic) bond motifs is 1. The number of alkyl carbamates (subject to hydrolysis) is 1. The molecule has 0 spiro atoms. The lowest BCUT2D eigenvalue weighted by Crippen LogP contribution is -2.72. The highest BCUT2D eigenvalue weighted by atomic mass is 16.6. The molecule has 2 aliphatic heterocycles. The van der Waals surface area contributed by atoms with Crippen LogP contribution in [-0.2, 0) is 35.3 Å². The van der Waals surface area contributed by atoms with Crippen LogP contribution in [0, 0.1) is 5.92 Å². The van der Waals surface area contributed by atoms with Crippen molar-refractivity contribution in [1.82, 2.24) is 15.5 Å². The number of ether oxygens (including phenoxy) is 2. The van der Waals surface area contributed by atoms with Gasteiger partial charge in [0.15, 0.2) is 11.9 Å². The molecule has 5 atom stereocenters. The molecule has 2 aliphatic rings. The van der Waals surface area contributed by atoms with E-state index in [9.17, 15) is 24.0 Å². The number of nitrogens with zero attached hydrogens (tertiary/aromatic N) is 1. The molecular weight excluding hydrogens is 598 g/mol. The Morgan fingerprint density at radius 3 is 1.81 bits per heavy atom. The fourth-order valence-electron chi connectivity index (χ4n) is 6.08. The van der Waals surface area contributed by atoms with Gasteiger partial charge in [-0.05, 0) is 22.3 Å². The van der Waals surface area contributed by atoms with Gasteiger partial charge < -0.3 is 25.0 Å². The van der Waals surface area contributed by atoms with Crippen molar-refractivity contribution >= 4 is 29.7 Å². The largest absolute Gasteiger partial charge is 0.451 e. The van der Waals surface area contributed by atoms with Gasteiger partial charge in [-0.3, -0.25) is 14.4 Å². The van der Waals surface area contributed by atoms with Crippen molar-refractivity contribution in [3.05, 3.63) is 144 Å². The van der Waals surface area contributed by atoms with E-state index in [-0.39, 0.29) is 12.4 Å². The van der Waals surface area contributed by atoms with E-state index in [1.165, 1.54) is 4.90 Å². The van der Waals surface area contributed by atoms with Gasteiger partial charge in [0.05, 0.1) is 0 Å². The first-order valence-electron chi connectivity index (χ1n) is 15.3. The fourth-order valence-corrected chi connectivity index (χ4v) is 6.08. The molecule has 6 rings (SSSR count). The van der Waals surface area contributed by atoms with Gasteiger partial charge in [-0.1, -0.05) is 128 Å². The first kappa shape index (κ1) is 31.2. The summed E-state index contributed by atoms with van der Waals surface area (Å²) < 4.78 is 11.3. The van der Waals surface area contributed by atoms with Crippen LogP contribution in [0.2, 0.25) is 0 Å². The lowest BCUT2D eigenvalue weighted by molar-refractivity contribution is -0.167. The maximum atomic E-state index is 13.7. The first-order valence-corrected chi connectivity index (χ1v) is 15.3. The number of hydrogen-bond acceptors (Lipinski definition) is 7. The lowest BCUT2D eigenvalue weighted by atomic mass is 9.92. The van der Waals surface area contributed by atoms with Gasteiger partial charge in [0, 0.05) is 5.92 Å². The van der Waals surface area contributed by atoms with Gasteiger partial charge in [-0.15, -0.1) is 0 Å². The third-order valence-corrected chi connectivity index (χ3v) is 8.50. The van der Waals surface area contributed by atoms with Crippen LogP contribution in [0.25, 0.3) is 0 Å². The minimum Gasteiger partial charge on any atom is -0.451 e. The molecule has 4 aromatic carbocycles. The van der Waals surface area contributed by atoms with Crippen molar-refractivity contribution in [3.8, 4) is 0 Å². The van der Waals surface area contributed by atoms with Gasteiger partial charge in [0.1, 0.15) is 30.8 Å². The monoisotopic (exact) mass is 631 g/mol. The Hall–Kier alpha value is -5.77. The zero-order valence-electron chi connectivity index (χ0n) is 25.5. The number of β-lactam (4-membered cyclic amide) rings is 1. The highest BCUT2D eigenvalue weighted by Gasteiger charge is 2.64. The molecule has 238 valence electrons. The summed E-state index contributed by atoms with van der Waals surface area (Å²) in [5.41, 5.74) is 2.69. The van der Waals surface area contributed by atoms with Crippen LogP contribution < -0.4 is 10.6 Å². The molecule has 2 N–H and O–H groups in total. The Morgan fingerprint density at radius 1 is 0.745 bits per heavy atom. The fraction of sp³-hybridized carbons (Fsp3) is 0.216. The number of amides is 3. The molecule has 4 aromatic rings. The molecule has 0 bridgehead atoms. The third-order valence-electron chi connectivity index (χ3n) is 8.50. The molecule has 10 nitrogen and oxygen atoms in total. The van der Waals surface area contributed by atoms with Gasteiger partial charge in [0.2, 0.25) is 11.8 Å². The second kappa shape index (κ2) is 13.7. The summed E-state index contributed by atoms with van der Waals surface area (Å²) in [5, 5.41) is 5.22. The Bertz CT molecular complexity index is 1710. The average molecular weight is 632 g/mol. The molecule has 4 unspecified atom stereocenters. The SMILES string of the molecule is CC1C(=O)[C@@H]2C(NC(=O)C(NC(=O)OCc3ccccc3)c3ccccc3)C(=O)N2C1C(=O)OC(c1ccccc1)c1ccccc1. The number of benzene rings is 4. The minimum atomic E-state index is -1.21. The Kier molecular flexibility index (Phi) is 9.10. The zero-order chi connectivity index (χ0) is 32.9. The van der Waals surface area contributed by atoms with Gasteiger partial charge in [-0.2, -0.15) is 0 Å². The molecule has 0 aliphatic carbocycles. The highest BCUT2D eigenvalue weighted by molar-refractivity contribution is 6.11. The molecule has 2 saturated heterocycles. The molecule has 2 heterocycles. The predicted octanol–water partition coefficient (Wildman–Crippen LogP) is 4.27. The summed E-state index contributed by atoms with van der Waals surface area (Å²) in [6.45, 7) is 1.57. The summed E-state index contributed by atoms with van der Waals surface area (Å²) >= 11 is 0. The molecular formula is C37H33N3O7. The second-order valence-electron chi connectivity index (χ2n) is 11.5. The molecule has 3 amide bonds. The number of hydrogen-bond donors (Lipinski definition) is 2. The van der Waals surface area contributed by atoms with Crippen LogP contribution in [-0.4, -0.2) is 52.7 Å². The van der Waals surface area contributed by atoms with Crippen molar-refractivity contribution in [3.63, 3.8) is 0 Å². The summed E-state index contributed by atoms with van der Waals surface area (Å²) in [5.74, 6) is -3.22. The minimum absolute atomic E-state index is 0.00672. The summed E-state index contributed by atoms with van der Waals surface area (Å²) in [7, 11) is 0. The average Bonchev–Trinajstić information content (AvgIpc) is 3.35. The summed E-state index contributed by atoms with van der Waals surface area (Å²) in [6.07, 6.45) is -1.59. The van der Waals surface area contributed by atoms with E-state index in [1.807, 2.05) is 78.9 Å². The number of carbonyl (C=O) groups is 5. The molecule has 2 fully saturated rings. The summed E-state index contributed by atoms with van der Waals surface area (Å²) in [4.78, 5) is 68.1. The van der Waals surface area contributed by atoms with Crippen LogP contribution in [0.5, 0.6) is 0 Å². The van der Waals surface area contributed by atoms with Crippen LogP contribution in [0.15, 0.2) is 121 Å². The Balaban J connectivity index is 1.16. The first-order chi connectivity index (χ1) is 22.8. The van der Waals surface area contributed by atoms with E-state index in [2.05, 4.69) is 10.6 Å². The van der Waals surface area contributed by atoms with E-state index < -0.39 is 60.1 Å². The number of rotatable bonds is 10. The van der Waals surface area contributed by atoms with Gasteiger partial charge in [0.25, 0.3) is 0 Å².